The van der Waals surface area contributed by atoms with E-state index in [2.05, 4.69) is 37.2 Å². The van der Waals surface area contributed by atoms with Crippen LogP contribution in [0.4, 0.5) is 5.95 Å². The molecule has 0 aliphatic heterocycles. The molecule has 2 N–H and O–H groups in total. The zero-order valence-electron chi connectivity index (χ0n) is 25.4. The number of aliphatic hydroxyl groups excluding tert-OH is 1. The molecular formula is C33H42N5O3P. The summed E-state index contributed by atoms with van der Waals surface area (Å²) in [6, 6.07) is 6.21. The van der Waals surface area contributed by atoms with E-state index in [1.54, 1.807) is 44.4 Å². The van der Waals surface area contributed by atoms with Gasteiger partial charge < -0.3 is 10.4 Å². The van der Waals surface area contributed by atoms with Crippen LogP contribution in [0.1, 0.15) is 71.4 Å². The molecule has 1 saturated carbocycles. The van der Waals surface area contributed by atoms with Crippen molar-refractivity contribution in [3.8, 4) is 0 Å². The number of anilines is 1. The minimum atomic E-state index is -0.745. The van der Waals surface area contributed by atoms with E-state index >= 15 is 0 Å². The summed E-state index contributed by atoms with van der Waals surface area (Å²) in [4.78, 5) is 36.2. The Balaban J connectivity index is 2.24. The van der Waals surface area contributed by atoms with Crippen LogP contribution >= 0.6 is 9.24 Å². The summed E-state index contributed by atoms with van der Waals surface area (Å²) in [6.07, 6.45) is 14.1. The van der Waals surface area contributed by atoms with Gasteiger partial charge in [-0.1, -0.05) is 43.0 Å². The number of allylic oxidation sites excluding steroid dienone is 9. The van der Waals surface area contributed by atoms with Crippen molar-refractivity contribution in [2.45, 2.75) is 72.9 Å². The summed E-state index contributed by atoms with van der Waals surface area (Å²) < 4.78 is 2.47. The molecule has 1 aromatic heterocycles. The first-order valence-electron chi connectivity index (χ1n) is 14.2. The Bertz CT molecular complexity index is 1630. The first-order chi connectivity index (χ1) is 20.0. The number of aliphatic imine (C=N–C) groups is 1. The van der Waals surface area contributed by atoms with Gasteiger partial charge in [-0.05, 0) is 106 Å². The van der Waals surface area contributed by atoms with Crippen molar-refractivity contribution in [3.63, 3.8) is 0 Å². The molecule has 1 atom stereocenters. The van der Waals surface area contributed by atoms with Crippen LogP contribution in [0.25, 0.3) is 5.70 Å². The maximum atomic E-state index is 14.1. The summed E-state index contributed by atoms with van der Waals surface area (Å²) in [5, 5.41) is 15.0. The fourth-order valence-electron chi connectivity index (χ4n) is 4.22. The Morgan fingerprint density at radius 1 is 1.19 bits per heavy atom. The van der Waals surface area contributed by atoms with Gasteiger partial charge in [0, 0.05) is 12.3 Å². The molecule has 0 spiro atoms. The molecule has 0 radical (unpaired) electrons. The maximum absolute atomic E-state index is 14.1. The van der Waals surface area contributed by atoms with Crippen LogP contribution in [0.5, 0.6) is 0 Å². The van der Waals surface area contributed by atoms with Crippen LogP contribution in [0.3, 0.4) is 0 Å². The van der Waals surface area contributed by atoms with Gasteiger partial charge in [0.2, 0.25) is 5.95 Å². The molecule has 1 aromatic carbocycles. The van der Waals surface area contributed by atoms with Crippen molar-refractivity contribution in [1.82, 2.24) is 14.1 Å². The highest BCUT2D eigenvalue weighted by Crippen LogP contribution is 2.40. The number of aromatic nitrogens is 3. The smallest absolute Gasteiger partial charge is 0.359 e. The van der Waals surface area contributed by atoms with Crippen molar-refractivity contribution < 1.29 is 5.11 Å². The van der Waals surface area contributed by atoms with Gasteiger partial charge in [0.25, 0.3) is 0 Å². The second-order valence-electron chi connectivity index (χ2n) is 10.5. The molecule has 0 amide bonds. The van der Waals surface area contributed by atoms with Crippen molar-refractivity contribution >= 4 is 32.4 Å². The molecular weight excluding hydrogens is 545 g/mol. The Labute approximate surface area is 250 Å². The molecule has 0 saturated heterocycles. The van der Waals surface area contributed by atoms with E-state index in [1.807, 2.05) is 45.9 Å². The first kappa shape index (κ1) is 32.5. The third-order valence-corrected chi connectivity index (χ3v) is 7.32. The molecule has 9 heteroatoms. The predicted octanol–water partition coefficient (Wildman–Crippen LogP) is 6.01. The zero-order chi connectivity index (χ0) is 31.0. The molecule has 2 aromatic rings. The number of rotatable bonds is 12. The molecule has 0 bridgehead atoms. The van der Waals surface area contributed by atoms with Gasteiger partial charge in [0.05, 0.1) is 17.9 Å². The quantitative estimate of drug-likeness (QED) is 0.137. The molecule has 8 nitrogen and oxygen atoms in total. The van der Waals surface area contributed by atoms with E-state index in [0.717, 1.165) is 39.4 Å². The summed E-state index contributed by atoms with van der Waals surface area (Å²) in [5.74, 6) is 0.465. The van der Waals surface area contributed by atoms with Crippen molar-refractivity contribution in [3.05, 3.63) is 116 Å². The lowest BCUT2D eigenvalue weighted by atomic mass is 10.1. The predicted molar refractivity (Wildman–Crippen MR) is 179 cm³/mol. The molecule has 1 aliphatic carbocycles. The molecule has 1 fully saturated rings. The van der Waals surface area contributed by atoms with Crippen LogP contribution in [0.2, 0.25) is 0 Å². The second kappa shape index (κ2) is 14.7. The first-order valence-corrected chi connectivity index (χ1v) is 14.7. The molecule has 222 valence electrons. The van der Waals surface area contributed by atoms with Crippen LogP contribution in [0.15, 0.2) is 98.4 Å². The molecule has 1 heterocycles. The third-order valence-electron chi connectivity index (χ3n) is 6.79. The SMILES string of the molecule is C=C/C(C)=C\C(=C/C)n1c(=O)nc(NC(=C/C(/C=N\C(C)C)=C/C)/C(O)=C\C)n(Cc2ccc(P)c(C3CC3)c2)c1=O. The van der Waals surface area contributed by atoms with Gasteiger partial charge >= 0.3 is 11.4 Å². The van der Waals surface area contributed by atoms with Gasteiger partial charge in [-0.2, -0.15) is 4.98 Å². The van der Waals surface area contributed by atoms with Crippen LogP contribution in [0, 0.1) is 0 Å². The van der Waals surface area contributed by atoms with Gasteiger partial charge in [0.15, 0.2) is 0 Å². The topological polar surface area (TPSA) is 102 Å². The highest BCUT2D eigenvalue weighted by Gasteiger charge is 2.25. The number of hydrogen-bond acceptors (Lipinski definition) is 6. The average Bonchev–Trinajstić information content (AvgIpc) is 3.81. The Kier molecular flexibility index (Phi) is 11.4. The summed E-state index contributed by atoms with van der Waals surface area (Å²) in [7, 11) is 2.79. The summed E-state index contributed by atoms with van der Waals surface area (Å²) >= 11 is 0. The summed E-state index contributed by atoms with van der Waals surface area (Å²) in [5.41, 5.74) is 3.02. The van der Waals surface area contributed by atoms with E-state index in [4.69, 9.17) is 0 Å². The zero-order valence-corrected chi connectivity index (χ0v) is 26.5. The minimum absolute atomic E-state index is 0.0138. The fraction of sp³-hybridized carbons (Fsp3) is 0.333. The van der Waals surface area contributed by atoms with Crippen LogP contribution in [-0.4, -0.2) is 31.5 Å². The Morgan fingerprint density at radius 3 is 2.48 bits per heavy atom. The van der Waals surface area contributed by atoms with Gasteiger partial charge in [0.1, 0.15) is 5.76 Å². The number of nitrogens with zero attached hydrogens (tertiary/aromatic N) is 4. The number of hydrogen-bond donors (Lipinski definition) is 2. The molecule has 1 aliphatic rings. The van der Waals surface area contributed by atoms with Gasteiger partial charge in [-0.25, -0.2) is 14.2 Å². The monoisotopic (exact) mass is 587 g/mol. The van der Waals surface area contributed by atoms with E-state index in [0.29, 0.717) is 11.6 Å². The number of aliphatic hydroxyl groups is 1. The maximum Gasteiger partial charge on any atom is 0.359 e. The second-order valence-corrected chi connectivity index (χ2v) is 11.1. The Hall–Kier alpha value is -4.03. The normalized spacial score (nSPS) is 15.6. The van der Waals surface area contributed by atoms with E-state index in [9.17, 15) is 14.7 Å². The van der Waals surface area contributed by atoms with E-state index in [1.165, 1.54) is 16.2 Å². The third kappa shape index (κ3) is 8.26. The van der Waals surface area contributed by atoms with Crippen molar-refractivity contribution in [2.24, 2.45) is 4.99 Å². The van der Waals surface area contributed by atoms with Crippen LogP contribution < -0.4 is 22.0 Å². The molecule has 1 unspecified atom stereocenters. The van der Waals surface area contributed by atoms with E-state index < -0.39 is 11.4 Å². The highest BCUT2D eigenvalue weighted by molar-refractivity contribution is 7.27. The largest absolute Gasteiger partial charge is 0.506 e. The van der Waals surface area contributed by atoms with E-state index in [-0.39, 0.29) is 30.0 Å². The summed E-state index contributed by atoms with van der Waals surface area (Å²) in [6.45, 7) is 15.0. The number of nitrogens with one attached hydrogen (secondary N) is 1. The highest BCUT2D eigenvalue weighted by atomic mass is 31.0. The van der Waals surface area contributed by atoms with Gasteiger partial charge in [-0.3, -0.25) is 9.56 Å². The fourth-order valence-corrected chi connectivity index (χ4v) is 4.64. The van der Waals surface area contributed by atoms with Crippen molar-refractivity contribution in [2.75, 3.05) is 5.32 Å². The molecule has 42 heavy (non-hydrogen) atoms. The van der Waals surface area contributed by atoms with Crippen molar-refractivity contribution in [1.29, 1.82) is 0 Å². The van der Waals surface area contributed by atoms with Crippen LogP contribution in [-0.2, 0) is 6.54 Å². The Morgan fingerprint density at radius 2 is 1.90 bits per heavy atom. The van der Waals surface area contributed by atoms with Gasteiger partial charge in [-0.15, -0.1) is 9.24 Å². The standard InChI is InChI=1S/C33H42N5O3P/c1-8-22(7)16-26(10-3)38-32(40)36-31(35-28(29(39)11-4)18-23(9-2)19-34-21(5)6)37(33(38)41)20-24-12-15-30(42)27(17-24)25-13-14-25/h8-12,15-19,21,25,39H,1,13-14,20,42H2,2-7H3,(H,35,36,40)/b22-16-,23-9-,26-10+,28-18+,29-11+,34-19-. The number of benzene rings is 1. The molecule has 3 rings (SSSR count). The lowest BCUT2D eigenvalue weighted by Gasteiger charge is -2.18. The lowest BCUT2D eigenvalue weighted by molar-refractivity contribution is 0.422. The lowest BCUT2D eigenvalue weighted by Crippen LogP contribution is -2.42. The minimum Gasteiger partial charge on any atom is -0.506 e. The average molecular weight is 588 g/mol.